The van der Waals surface area contributed by atoms with E-state index in [4.69, 9.17) is 4.74 Å². The third-order valence-electron chi connectivity index (χ3n) is 3.86. The van der Waals surface area contributed by atoms with E-state index in [-0.39, 0.29) is 34.5 Å². The Hall–Kier alpha value is -2.41. The summed E-state index contributed by atoms with van der Waals surface area (Å²) in [6, 6.07) is 8.94. The number of H-pyrrole nitrogens is 1. The Morgan fingerprint density at radius 3 is 2.70 bits per heavy atom. The first kappa shape index (κ1) is 20.9. The summed E-state index contributed by atoms with van der Waals surface area (Å²) in [5.41, 5.74) is 2.02. The molecule has 0 saturated heterocycles. The van der Waals surface area contributed by atoms with Gasteiger partial charge in [0.1, 0.15) is 5.75 Å². The van der Waals surface area contributed by atoms with Gasteiger partial charge in [0.25, 0.3) is 0 Å². The van der Waals surface area contributed by atoms with Gasteiger partial charge in [-0.25, -0.2) is 0 Å². The fourth-order valence-electron chi connectivity index (χ4n) is 2.58. The molecule has 0 fully saturated rings. The molecular formula is C20H26N2O4S. The monoisotopic (exact) mass is 390 g/mol. The second-order valence-electron chi connectivity index (χ2n) is 6.55. The largest absolute Gasteiger partial charge is 0.488 e. The Kier molecular flexibility index (Phi) is 7.79. The van der Waals surface area contributed by atoms with E-state index >= 15 is 0 Å². The highest BCUT2D eigenvalue weighted by molar-refractivity contribution is 7.84. The highest BCUT2D eigenvalue weighted by Gasteiger charge is 2.13. The molecule has 6 nitrogen and oxygen atoms in total. The standard InChI is InChI=1S/C20H26N2O4S/c1-4-9-26-19-11-21-15(10-18(19)23)12-27(25)13-20(24)22-17-8-6-5-7-16(17)14(2)3/h5-8,10-11,14H,4,9,12-13H2,1-3H3,(H,21,23)(H,22,24). The summed E-state index contributed by atoms with van der Waals surface area (Å²) in [5.74, 6) is 0.164. The minimum Gasteiger partial charge on any atom is -0.488 e. The van der Waals surface area contributed by atoms with E-state index in [1.807, 2.05) is 45.0 Å². The van der Waals surface area contributed by atoms with Crippen LogP contribution in [-0.2, 0) is 21.3 Å². The third kappa shape index (κ3) is 6.36. The van der Waals surface area contributed by atoms with Crippen molar-refractivity contribution in [3.05, 3.63) is 58.0 Å². The Balaban J connectivity index is 1.95. The lowest BCUT2D eigenvalue weighted by molar-refractivity contribution is -0.113. The topological polar surface area (TPSA) is 88.3 Å². The predicted octanol–water partition coefficient (Wildman–Crippen LogP) is 3.17. The smallest absolute Gasteiger partial charge is 0.237 e. The summed E-state index contributed by atoms with van der Waals surface area (Å²) < 4.78 is 17.6. The van der Waals surface area contributed by atoms with Gasteiger partial charge in [-0.05, 0) is 24.0 Å². The highest BCUT2D eigenvalue weighted by atomic mass is 32.2. The van der Waals surface area contributed by atoms with Crippen LogP contribution in [0.15, 0.2) is 41.3 Å². The Morgan fingerprint density at radius 2 is 2.04 bits per heavy atom. The fourth-order valence-corrected chi connectivity index (χ4v) is 3.56. The number of amides is 1. The molecule has 1 amide bonds. The van der Waals surface area contributed by atoms with Crippen molar-refractivity contribution in [2.75, 3.05) is 17.7 Å². The molecule has 1 atom stereocenters. The van der Waals surface area contributed by atoms with Gasteiger partial charge in [0.2, 0.25) is 11.3 Å². The fraction of sp³-hybridized carbons (Fsp3) is 0.400. The van der Waals surface area contributed by atoms with Crippen molar-refractivity contribution >= 4 is 22.4 Å². The second kappa shape index (κ2) is 10.1. The molecule has 0 aliphatic rings. The van der Waals surface area contributed by atoms with Crippen LogP contribution in [0.1, 0.15) is 44.4 Å². The van der Waals surface area contributed by atoms with Crippen molar-refractivity contribution in [3.63, 3.8) is 0 Å². The summed E-state index contributed by atoms with van der Waals surface area (Å²) in [5, 5.41) is 2.83. The number of rotatable bonds is 9. The van der Waals surface area contributed by atoms with Crippen molar-refractivity contribution in [1.82, 2.24) is 4.98 Å². The van der Waals surface area contributed by atoms with Crippen LogP contribution in [0.3, 0.4) is 0 Å². The maximum absolute atomic E-state index is 12.3. The van der Waals surface area contributed by atoms with Crippen molar-refractivity contribution in [2.45, 2.75) is 38.9 Å². The number of anilines is 1. The molecule has 1 unspecified atom stereocenters. The minimum absolute atomic E-state index is 0.0997. The summed E-state index contributed by atoms with van der Waals surface area (Å²) >= 11 is 0. The number of carbonyl (C=O) groups excluding carboxylic acids is 1. The van der Waals surface area contributed by atoms with Crippen LogP contribution in [0.5, 0.6) is 5.75 Å². The second-order valence-corrected chi connectivity index (χ2v) is 8.01. The molecule has 1 aromatic carbocycles. The van der Waals surface area contributed by atoms with E-state index in [2.05, 4.69) is 10.3 Å². The number of aromatic nitrogens is 1. The van der Waals surface area contributed by atoms with Gasteiger partial charge in [-0.3, -0.25) is 13.8 Å². The van der Waals surface area contributed by atoms with E-state index in [0.717, 1.165) is 17.7 Å². The van der Waals surface area contributed by atoms with Gasteiger partial charge in [0.15, 0.2) is 5.75 Å². The molecule has 2 N–H and O–H groups in total. The van der Waals surface area contributed by atoms with Gasteiger partial charge in [0, 0.05) is 34.4 Å². The van der Waals surface area contributed by atoms with E-state index in [1.165, 1.54) is 12.3 Å². The normalized spacial score (nSPS) is 12.0. The maximum atomic E-state index is 12.3. The van der Waals surface area contributed by atoms with Crippen LogP contribution >= 0.6 is 0 Å². The van der Waals surface area contributed by atoms with Crippen LogP contribution in [0, 0.1) is 0 Å². The van der Waals surface area contributed by atoms with Gasteiger partial charge in [-0.15, -0.1) is 0 Å². The SMILES string of the molecule is CCCOc1c[nH]c(CS(=O)CC(=O)Nc2ccccc2C(C)C)cc1=O. The molecule has 7 heteroatoms. The molecule has 0 aliphatic heterocycles. The number of pyridine rings is 1. The molecular weight excluding hydrogens is 364 g/mol. The molecule has 2 aromatic rings. The molecule has 2 rings (SSSR count). The van der Waals surface area contributed by atoms with E-state index in [1.54, 1.807) is 0 Å². The molecule has 27 heavy (non-hydrogen) atoms. The first-order valence-electron chi connectivity index (χ1n) is 8.98. The van der Waals surface area contributed by atoms with Crippen molar-refractivity contribution < 1.29 is 13.7 Å². The first-order chi connectivity index (χ1) is 12.9. The Bertz CT molecular complexity index is 861. The Morgan fingerprint density at radius 1 is 1.30 bits per heavy atom. The van der Waals surface area contributed by atoms with Crippen molar-refractivity contribution in [3.8, 4) is 5.75 Å². The number of carbonyl (C=O) groups is 1. The number of hydrogen-bond donors (Lipinski definition) is 2. The number of benzene rings is 1. The lowest BCUT2D eigenvalue weighted by Gasteiger charge is -2.13. The van der Waals surface area contributed by atoms with Crippen LogP contribution in [-0.4, -0.2) is 27.5 Å². The first-order valence-corrected chi connectivity index (χ1v) is 10.5. The third-order valence-corrected chi connectivity index (χ3v) is 5.08. The molecule has 1 aromatic heterocycles. The lowest BCUT2D eigenvalue weighted by Crippen LogP contribution is -2.21. The quantitative estimate of drug-likeness (QED) is 0.688. The number of ether oxygens (including phenoxy) is 1. The number of hydrogen-bond acceptors (Lipinski definition) is 4. The zero-order valence-electron chi connectivity index (χ0n) is 15.9. The molecule has 1 heterocycles. The molecule has 0 saturated carbocycles. The van der Waals surface area contributed by atoms with Crippen LogP contribution in [0.25, 0.3) is 0 Å². The van der Waals surface area contributed by atoms with Crippen molar-refractivity contribution in [1.29, 1.82) is 0 Å². The molecule has 0 spiro atoms. The van der Waals surface area contributed by atoms with Gasteiger partial charge in [0.05, 0.1) is 12.4 Å². The average molecular weight is 391 g/mol. The molecule has 0 radical (unpaired) electrons. The highest BCUT2D eigenvalue weighted by Crippen LogP contribution is 2.23. The van der Waals surface area contributed by atoms with E-state index < -0.39 is 10.8 Å². The van der Waals surface area contributed by atoms with Crippen molar-refractivity contribution in [2.24, 2.45) is 0 Å². The van der Waals surface area contributed by atoms with Crippen LogP contribution < -0.4 is 15.5 Å². The lowest BCUT2D eigenvalue weighted by atomic mass is 10.0. The van der Waals surface area contributed by atoms with E-state index in [9.17, 15) is 13.8 Å². The summed E-state index contributed by atoms with van der Waals surface area (Å²) in [6.07, 6.45) is 2.28. The zero-order valence-corrected chi connectivity index (χ0v) is 16.7. The molecule has 0 bridgehead atoms. The van der Waals surface area contributed by atoms with Gasteiger partial charge >= 0.3 is 0 Å². The molecule has 0 aliphatic carbocycles. The average Bonchev–Trinajstić information content (AvgIpc) is 2.61. The van der Waals surface area contributed by atoms with Crippen LogP contribution in [0.4, 0.5) is 5.69 Å². The summed E-state index contributed by atoms with van der Waals surface area (Å²) in [6.45, 7) is 6.52. The van der Waals surface area contributed by atoms with Gasteiger partial charge in [-0.1, -0.05) is 39.0 Å². The number of aromatic amines is 1. The van der Waals surface area contributed by atoms with Gasteiger partial charge in [-0.2, -0.15) is 0 Å². The minimum atomic E-state index is -1.44. The van der Waals surface area contributed by atoms with Crippen LogP contribution in [0.2, 0.25) is 0 Å². The molecule has 146 valence electrons. The predicted molar refractivity (Wildman–Crippen MR) is 109 cm³/mol. The zero-order chi connectivity index (χ0) is 19.8. The van der Waals surface area contributed by atoms with E-state index in [0.29, 0.717) is 12.3 Å². The number of para-hydroxylation sites is 1. The van der Waals surface area contributed by atoms with Gasteiger partial charge < -0.3 is 15.0 Å². The number of nitrogens with one attached hydrogen (secondary N) is 2. The summed E-state index contributed by atoms with van der Waals surface area (Å²) in [4.78, 5) is 27.1. The summed E-state index contributed by atoms with van der Waals surface area (Å²) in [7, 11) is -1.44. The Labute approximate surface area is 161 Å². The maximum Gasteiger partial charge on any atom is 0.237 e.